The van der Waals surface area contributed by atoms with E-state index in [-0.39, 0.29) is 11.0 Å². The molecule has 1 saturated heterocycles. The number of hydrazone groups is 1. The summed E-state index contributed by atoms with van der Waals surface area (Å²) in [5, 5.41) is 4.00. The number of nitrogens with one attached hydrogen (secondary N) is 1. The van der Waals surface area contributed by atoms with Crippen molar-refractivity contribution in [1.82, 2.24) is 5.43 Å². The SMILES string of the molecule is Cc1ccc(S(=O)(=O)N(CC(=O)N/N=C\c2ccc(OC3CSC3)cc2)c2ccccc2C)cc1. The summed E-state index contributed by atoms with van der Waals surface area (Å²) in [6, 6.07) is 21.0. The van der Waals surface area contributed by atoms with Gasteiger partial charge in [-0.2, -0.15) is 16.9 Å². The van der Waals surface area contributed by atoms with Gasteiger partial charge in [0.25, 0.3) is 15.9 Å². The monoisotopic (exact) mass is 509 g/mol. The maximum Gasteiger partial charge on any atom is 0.264 e. The minimum atomic E-state index is -3.97. The van der Waals surface area contributed by atoms with Gasteiger partial charge >= 0.3 is 0 Å². The molecule has 7 nitrogen and oxygen atoms in total. The summed E-state index contributed by atoms with van der Waals surface area (Å²) < 4.78 is 33.8. The van der Waals surface area contributed by atoms with Gasteiger partial charge in [-0.15, -0.1) is 0 Å². The van der Waals surface area contributed by atoms with Crippen LogP contribution in [0, 0.1) is 13.8 Å². The van der Waals surface area contributed by atoms with Crippen LogP contribution in [0.25, 0.3) is 0 Å². The quantitative estimate of drug-likeness (QED) is 0.346. The van der Waals surface area contributed by atoms with E-state index in [0.717, 1.165) is 38.3 Å². The van der Waals surface area contributed by atoms with Crippen molar-refractivity contribution in [2.45, 2.75) is 24.8 Å². The smallest absolute Gasteiger partial charge is 0.264 e. The van der Waals surface area contributed by atoms with Gasteiger partial charge in [-0.25, -0.2) is 13.8 Å². The molecule has 35 heavy (non-hydrogen) atoms. The number of hydrogen-bond acceptors (Lipinski definition) is 6. The summed E-state index contributed by atoms with van der Waals surface area (Å²) >= 11 is 1.86. The molecule has 3 aromatic carbocycles. The van der Waals surface area contributed by atoms with E-state index < -0.39 is 22.5 Å². The van der Waals surface area contributed by atoms with Crippen molar-refractivity contribution in [2.75, 3.05) is 22.4 Å². The highest BCUT2D eigenvalue weighted by Crippen LogP contribution is 2.27. The second kappa shape index (κ2) is 11.0. The van der Waals surface area contributed by atoms with Gasteiger partial charge in [0.15, 0.2) is 0 Å². The van der Waals surface area contributed by atoms with Crippen molar-refractivity contribution in [2.24, 2.45) is 5.10 Å². The first-order chi connectivity index (χ1) is 16.8. The average Bonchev–Trinajstić information content (AvgIpc) is 2.81. The summed E-state index contributed by atoms with van der Waals surface area (Å²) in [6.45, 7) is 3.28. The number of ether oxygens (including phenoxy) is 1. The molecule has 0 bridgehead atoms. The maximum absolute atomic E-state index is 13.5. The Morgan fingerprint density at radius 1 is 1.06 bits per heavy atom. The first-order valence-corrected chi connectivity index (χ1v) is 13.7. The van der Waals surface area contributed by atoms with Gasteiger partial charge in [-0.05, 0) is 67.4 Å². The minimum absolute atomic E-state index is 0.116. The van der Waals surface area contributed by atoms with Gasteiger partial charge in [0.1, 0.15) is 18.4 Å². The van der Waals surface area contributed by atoms with Crippen LogP contribution in [-0.2, 0) is 14.8 Å². The van der Waals surface area contributed by atoms with Gasteiger partial charge in [0, 0.05) is 11.5 Å². The van der Waals surface area contributed by atoms with Crippen LogP contribution in [0.15, 0.2) is 82.8 Å². The number of hydrogen-bond donors (Lipinski definition) is 1. The molecule has 0 aliphatic carbocycles. The van der Waals surface area contributed by atoms with Crippen molar-refractivity contribution in [3.8, 4) is 5.75 Å². The second-order valence-corrected chi connectivity index (χ2v) is 11.2. The summed E-state index contributed by atoms with van der Waals surface area (Å²) in [5.74, 6) is 2.26. The van der Waals surface area contributed by atoms with E-state index in [4.69, 9.17) is 4.74 Å². The second-order valence-electron chi connectivity index (χ2n) is 8.25. The number of carbonyl (C=O) groups excluding carboxylic acids is 1. The van der Waals surface area contributed by atoms with E-state index >= 15 is 0 Å². The van der Waals surface area contributed by atoms with E-state index in [1.54, 1.807) is 49.4 Å². The predicted molar refractivity (Wildman–Crippen MR) is 141 cm³/mol. The van der Waals surface area contributed by atoms with Gasteiger partial charge < -0.3 is 4.74 Å². The van der Waals surface area contributed by atoms with Gasteiger partial charge in [0.2, 0.25) is 0 Å². The molecule has 0 atom stereocenters. The molecule has 0 unspecified atom stereocenters. The minimum Gasteiger partial charge on any atom is -0.489 e. The Hall–Kier alpha value is -3.30. The first-order valence-electron chi connectivity index (χ1n) is 11.1. The number of anilines is 1. The number of para-hydroxylation sites is 1. The molecule has 0 aromatic heterocycles. The molecule has 9 heteroatoms. The molecule has 0 saturated carbocycles. The molecule has 1 aliphatic heterocycles. The van der Waals surface area contributed by atoms with Crippen LogP contribution in [0.2, 0.25) is 0 Å². The van der Waals surface area contributed by atoms with E-state index in [1.165, 1.54) is 6.21 Å². The lowest BCUT2D eigenvalue weighted by molar-refractivity contribution is -0.119. The van der Waals surface area contributed by atoms with Crippen LogP contribution in [0.3, 0.4) is 0 Å². The zero-order chi connectivity index (χ0) is 24.8. The molecule has 0 radical (unpaired) electrons. The molecule has 1 aliphatic rings. The molecule has 1 fully saturated rings. The lowest BCUT2D eigenvalue weighted by Gasteiger charge is -2.25. The van der Waals surface area contributed by atoms with Crippen molar-refractivity contribution in [3.05, 3.63) is 89.5 Å². The number of aryl methyl sites for hydroxylation is 2. The Kier molecular flexibility index (Phi) is 7.77. The van der Waals surface area contributed by atoms with Crippen LogP contribution in [0.5, 0.6) is 5.75 Å². The Bertz CT molecular complexity index is 1300. The lowest BCUT2D eigenvalue weighted by atomic mass is 10.2. The van der Waals surface area contributed by atoms with E-state index in [2.05, 4.69) is 10.5 Å². The maximum atomic E-state index is 13.5. The standard InChI is InChI=1S/C26H27N3O4S2/c1-19-7-13-24(14-8-19)35(31,32)29(25-6-4-3-5-20(25)2)16-26(30)28-27-15-21-9-11-22(12-10-21)33-23-17-34-18-23/h3-15,23H,16-18H2,1-2H3,(H,28,30)/b27-15-. The fourth-order valence-corrected chi connectivity index (χ4v) is 5.48. The van der Waals surface area contributed by atoms with E-state index in [0.29, 0.717) is 5.69 Å². The average molecular weight is 510 g/mol. The molecule has 3 aromatic rings. The molecular formula is C26H27N3O4S2. The Labute approximate surface area is 210 Å². The van der Waals surface area contributed by atoms with Crippen molar-refractivity contribution < 1.29 is 17.9 Å². The third-order valence-corrected chi connectivity index (χ3v) is 8.46. The topological polar surface area (TPSA) is 88.1 Å². The Balaban J connectivity index is 1.46. The number of benzene rings is 3. The summed E-state index contributed by atoms with van der Waals surface area (Å²) in [4.78, 5) is 12.8. The lowest BCUT2D eigenvalue weighted by Crippen LogP contribution is -2.40. The van der Waals surface area contributed by atoms with Crippen LogP contribution >= 0.6 is 11.8 Å². The molecule has 182 valence electrons. The Morgan fingerprint density at radius 3 is 2.37 bits per heavy atom. The van der Waals surface area contributed by atoms with Crippen LogP contribution < -0.4 is 14.5 Å². The molecular weight excluding hydrogens is 482 g/mol. The molecule has 4 rings (SSSR count). The Morgan fingerprint density at radius 2 is 1.74 bits per heavy atom. The van der Waals surface area contributed by atoms with Gasteiger partial charge in [-0.1, -0.05) is 35.9 Å². The third-order valence-electron chi connectivity index (χ3n) is 5.47. The molecule has 0 spiro atoms. The largest absolute Gasteiger partial charge is 0.489 e. The highest BCUT2D eigenvalue weighted by molar-refractivity contribution is 8.00. The highest BCUT2D eigenvalue weighted by atomic mass is 32.2. The summed E-state index contributed by atoms with van der Waals surface area (Å²) in [5.41, 5.74) is 5.34. The summed E-state index contributed by atoms with van der Waals surface area (Å²) in [7, 11) is -3.97. The molecule has 1 N–H and O–H groups in total. The number of sulfonamides is 1. The van der Waals surface area contributed by atoms with Gasteiger partial charge in [-0.3, -0.25) is 9.10 Å². The number of rotatable bonds is 9. The predicted octanol–water partition coefficient (Wildman–Crippen LogP) is 4.14. The number of thioether (sulfide) groups is 1. The fraction of sp³-hybridized carbons (Fsp3) is 0.231. The van der Waals surface area contributed by atoms with Crippen LogP contribution in [-0.4, -0.2) is 44.7 Å². The van der Waals surface area contributed by atoms with Crippen LogP contribution in [0.1, 0.15) is 16.7 Å². The zero-order valence-corrected chi connectivity index (χ0v) is 21.2. The number of carbonyl (C=O) groups is 1. The van der Waals surface area contributed by atoms with E-state index in [9.17, 15) is 13.2 Å². The highest BCUT2D eigenvalue weighted by Gasteiger charge is 2.28. The summed E-state index contributed by atoms with van der Waals surface area (Å²) in [6.07, 6.45) is 1.78. The number of amides is 1. The van der Waals surface area contributed by atoms with Crippen molar-refractivity contribution in [3.63, 3.8) is 0 Å². The third kappa shape index (κ3) is 6.23. The van der Waals surface area contributed by atoms with E-state index in [1.807, 2.05) is 49.0 Å². The van der Waals surface area contributed by atoms with Crippen LogP contribution in [0.4, 0.5) is 5.69 Å². The van der Waals surface area contributed by atoms with Crippen molar-refractivity contribution in [1.29, 1.82) is 0 Å². The zero-order valence-electron chi connectivity index (χ0n) is 19.5. The first kappa shape index (κ1) is 24.8. The number of nitrogens with zero attached hydrogens (tertiary/aromatic N) is 2. The normalized spacial score (nSPS) is 13.9. The fourth-order valence-electron chi connectivity index (χ4n) is 3.43. The van der Waals surface area contributed by atoms with Crippen molar-refractivity contribution >= 4 is 39.6 Å². The molecule has 1 heterocycles. The molecule has 1 amide bonds. The van der Waals surface area contributed by atoms with Gasteiger partial charge in [0.05, 0.1) is 16.8 Å².